The zero-order chi connectivity index (χ0) is 4.99. The summed E-state index contributed by atoms with van der Waals surface area (Å²) in [6, 6.07) is 0. The van der Waals surface area contributed by atoms with E-state index in [0.29, 0.717) is 5.57 Å². The average molecular weight is 100 g/mol. The molecule has 0 saturated heterocycles. The molecule has 0 aliphatic heterocycles. The maximum atomic E-state index is 9.48. The van der Waals surface area contributed by atoms with Crippen LogP contribution in [-0.4, -0.2) is 11.3 Å². The van der Waals surface area contributed by atoms with Crippen molar-refractivity contribution in [3.8, 4) is 0 Å². The van der Waals surface area contributed by atoms with Crippen LogP contribution in [0.15, 0.2) is 5.57 Å². The molecule has 0 bridgehead atoms. The molecule has 0 aromatic rings. The molecule has 6 heavy (non-hydrogen) atoms. The van der Waals surface area contributed by atoms with Crippen LogP contribution in [0.5, 0.6) is 0 Å². The van der Waals surface area contributed by atoms with E-state index in [1.807, 2.05) is 0 Å². The van der Waals surface area contributed by atoms with Gasteiger partial charge < -0.3 is 0 Å². The Bertz CT molecular complexity index is 100. The third-order valence-corrected chi connectivity index (χ3v) is 0.691. The summed E-state index contributed by atoms with van der Waals surface area (Å²) < 4.78 is 0. The lowest BCUT2D eigenvalue weighted by Gasteiger charge is -1.66. The fourth-order valence-electron chi connectivity index (χ4n) is 0.0241. The fourth-order valence-corrected chi connectivity index (χ4v) is 0.0722. The van der Waals surface area contributed by atoms with Gasteiger partial charge in [0, 0.05) is 10.9 Å². The van der Waals surface area contributed by atoms with Gasteiger partial charge in [-0.1, -0.05) is 12.2 Å². The van der Waals surface area contributed by atoms with Crippen LogP contribution < -0.4 is 0 Å². The predicted octanol–water partition coefficient (Wildman–Crippen LogP) is 0.764. The Morgan fingerprint density at radius 1 is 2.00 bits per heavy atom. The van der Waals surface area contributed by atoms with Crippen molar-refractivity contribution in [2.75, 3.05) is 0 Å². The van der Waals surface area contributed by atoms with Crippen molar-refractivity contribution < 1.29 is 4.79 Å². The van der Waals surface area contributed by atoms with Gasteiger partial charge in [-0.25, -0.2) is 4.79 Å². The van der Waals surface area contributed by atoms with E-state index in [4.69, 9.17) is 0 Å². The molecule has 0 rings (SSSR count). The number of carbonyl (C=O) groups excluding carboxylic acids is 1. The lowest BCUT2D eigenvalue weighted by Crippen LogP contribution is -1.69. The molecule has 0 atom stereocenters. The maximum Gasteiger partial charge on any atom is 0.128 e. The van der Waals surface area contributed by atoms with Gasteiger partial charge in [0.1, 0.15) is 5.94 Å². The normalized spacial score (nSPS) is 6.17. The number of hydrogen-bond donors (Lipinski definition) is 0. The van der Waals surface area contributed by atoms with Crippen molar-refractivity contribution in [1.82, 2.24) is 0 Å². The molecular weight excluding hydrogens is 96.1 g/mol. The van der Waals surface area contributed by atoms with Crippen LogP contribution in [0.4, 0.5) is 0 Å². The van der Waals surface area contributed by atoms with Gasteiger partial charge >= 0.3 is 0 Å². The first-order chi connectivity index (χ1) is 2.81. The van der Waals surface area contributed by atoms with Gasteiger partial charge in [0.2, 0.25) is 0 Å². The minimum absolute atomic E-state index is 0.477. The molecule has 2 heteroatoms. The van der Waals surface area contributed by atoms with Crippen LogP contribution in [-0.2, 0) is 4.79 Å². The summed E-state index contributed by atoms with van der Waals surface area (Å²) in [4.78, 5) is 9.48. The molecule has 0 spiro atoms. The monoisotopic (exact) mass is 100.0 g/mol. The molecular formula is C4H4OS. The minimum atomic E-state index is 0.477. The van der Waals surface area contributed by atoms with E-state index >= 15 is 0 Å². The molecule has 0 aromatic heterocycles. The minimum Gasteiger partial charge on any atom is -0.233 e. The summed E-state index contributed by atoms with van der Waals surface area (Å²) in [7, 11) is 0. The van der Waals surface area contributed by atoms with Crippen LogP contribution >= 0.6 is 12.2 Å². The predicted molar refractivity (Wildman–Crippen MR) is 28.5 cm³/mol. The topological polar surface area (TPSA) is 17.1 Å². The maximum absolute atomic E-state index is 9.48. The van der Waals surface area contributed by atoms with E-state index in [1.165, 1.54) is 5.37 Å². The van der Waals surface area contributed by atoms with Crippen LogP contribution in [0.25, 0.3) is 0 Å². The van der Waals surface area contributed by atoms with Crippen molar-refractivity contribution in [2.45, 2.75) is 6.92 Å². The van der Waals surface area contributed by atoms with Crippen molar-refractivity contribution in [2.24, 2.45) is 0 Å². The number of allylic oxidation sites excluding steroid dienone is 1. The molecule has 0 saturated carbocycles. The van der Waals surface area contributed by atoms with Gasteiger partial charge in [-0.05, 0) is 6.92 Å². The average Bonchev–Trinajstić information content (AvgIpc) is 1.65. The van der Waals surface area contributed by atoms with E-state index in [0.717, 1.165) is 0 Å². The highest BCUT2D eigenvalue weighted by Crippen LogP contribution is 1.73. The highest BCUT2D eigenvalue weighted by molar-refractivity contribution is 7.79. The molecule has 0 aromatic carbocycles. The lowest BCUT2D eigenvalue weighted by molar-refractivity contribution is 0.568. The van der Waals surface area contributed by atoms with E-state index in [2.05, 4.69) is 12.2 Å². The Balaban J connectivity index is 3.86. The Morgan fingerprint density at radius 3 is 2.50 bits per heavy atom. The third kappa shape index (κ3) is 1.82. The van der Waals surface area contributed by atoms with Gasteiger partial charge in [0.05, 0.1) is 0 Å². The van der Waals surface area contributed by atoms with Crippen LogP contribution in [0.1, 0.15) is 6.92 Å². The largest absolute Gasteiger partial charge is 0.233 e. The zero-order valence-corrected chi connectivity index (χ0v) is 4.21. The summed E-state index contributed by atoms with van der Waals surface area (Å²) in [5.41, 5.74) is 0.477. The standard InChI is InChI=1S/C4H4OS/c1-4(2-5)3-6/h3H,1H3. The first kappa shape index (κ1) is 5.54. The van der Waals surface area contributed by atoms with E-state index in [-0.39, 0.29) is 0 Å². The van der Waals surface area contributed by atoms with Crippen LogP contribution in [0.3, 0.4) is 0 Å². The number of rotatable bonds is 1. The zero-order valence-electron chi connectivity index (χ0n) is 3.39. The second kappa shape index (κ2) is 2.76. The van der Waals surface area contributed by atoms with Gasteiger partial charge in [-0.2, -0.15) is 0 Å². The Morgan fingerprint density at radius 2 is 2.50 bits per heavy atom. The lowest BCUT2D eigenvalue weighted by atomic mass is 10.4. The van der Waals surface area contributed by atoms with Crippen LogP contribution in [0.2, 0.25) is 0 Å². The quantitative estimate of drug-likeness (QED) is 0.275. The summed E-state index contributed by atoms with van der Waals surface area (Å²) in [6.45, 7) is 1.61. The second-order valence-corrected chi connectivity index (χ2v) is 1.14. The number of hydrogen-bond acceptors (Lipinski definition) is 2. The van der Waals surface area contributed by atoms with Gasteiger partial charge in [-0.3, -0.25) is 0 Å². The second-order valence-electron chi connectivity index (χ2n) is 0.903. The highest BCUT2D eigenvalue weighted by atomic mass is 32.1. The van der Waals surface area contributed by atoms with Gasteiger partial charge in [0.15, 0.2) is 0 Å². The Hall–Kier alpha value is -0.460. The molecule has 1 nitrogen and oxygen atoms in total. The Labute approximate surface area is 41.7 Å². The molecule has 0 aliphatic carbocycles. The molecule has 0 heterocycles. The molecule has 0 N–H and O–H groups in total. The first-order valence-corrected chi connectivity index (χ1v) is 1.95. The van der Waals surface area contributed by atoms with Crippen LogP contribution in [0, 0.1) is 0 Å². The molecule has 32 valence electrons. The molecule has 0 unspecified atom stereocenters. The van der Waals surface area contributed by atoms with E-state index in [9.17, 15) is 4.79 Å². The van der Waals surface area contributed by atoms with Crippen molar-refractivity contribution >= 4 is 23.5 Å². The Kier molecular flexibility index (Phi) is 2.55. The third-order valence-electron chi connectivity index (χ3n) is 0.338. The molecule has 0 amide bonds. The fraction of sp³-hybridized carbons (Fsp3) is 0.250. The molecule has 0 fully saturated rings. The van der Waals surface area contributed by atoms with Gasteiger partial charge in [0.25, 0.3) is 0 Å². The molecule has 0 aliphatic rings. The number of thiocarbonyl (C=S) groups is 1. The smallest absolute Gasteiger partial charge is 0.128 e. The van der Waals surface area contributed by atoms with E-state index in [1.54, 1.807) is 12.9 Å². The van der Waals surface area contributed by atoms with Crippen molar-refractivity contribution in [3.63, 3.8) is 0 Å². The highest BCUT2D eigenvalue weighted by Gasteiger charge is 1.71. The summed E-state index contributed by atoms with van der Waals surface area (Å²) >= 11 is 4.35. The molecule has 0 radical (unpaired) electrons. The van der Waals surface area contributed by atoms with Crippen molar-refractivity contribution in [1.29, 1.82) is 0 Å². The summed E-state index contributed by atoms with van der Waals surface area (Å²) in [6.07, 6.45) is 0. The SMILES string of the molecule is CC(=C=O)C=S. The van der Waals surface area contributed by atoms with E-state index < -0.39 is 0 Å². The summed E-state index contributed by atoms with van der Waals surface area (Å²) in [5.74, 6) is 1.62. The summed E-state index contributed by atoms with van der Waals surface area (Å²) in [5, 5.41) is 1.30. The van der Waals surface area contributed by atoms with Crippen molar-refractivity contribution in [3.05, 3.63) is 5.57 Å². The first-order valence-electron chi connectivity index (χ1n) is 1.48. The van der Waals surface area contributed by atoms with Gasteiger partial charge in [-0.15, -0.1) is 0 Å².